The number of nitrogens with one attached hydrogen (secondary N) is 1. The number of rotatable bonds is 16. The first-order chi connectivity index (χ1) is 29.1. The summed E-state index contributed by atoms with van der Waals surface area (Å²) in [6.45, 7) is 9.73. The van der Waals surface area contributed by atoms with Crippen molar-refractivity contribution in [2.75, 3.05) is 13.2 Å². The summed E-state index contributed by atoms with van der Waals surface area (Å²) in [4.78, 5) is 95.7. The number of amides is 1. The molecule has 3 rings (SSSR count). The molecule has 0 aromatic heterocycles. The van der Waals surface area contributed by atoms with Crippen LogP contribution in [0.25, 0.3) is 31.3 Å². The second-order valence-corrected chi connectivity index (χ2v) is 14.8. The third-order valence-electron chi connectivity index (χ3n) is 8.76. The van der Waals surface area contributed by atoms with Crippen molar-refractivity contribution in [3.8, 4) is 0 Å². The standard InChI is InChI=1S/C34H48N10O18/c1-13(45)52-12-22-27(55-16(4)48)30(57-18(6)50)32(59-22)61-29-24(53-14(2)46)19(39-33(51)62-34(7,8)9)10-20(40-43-36)25(29)60-31-23(41-44-37)28(56-17(5)49)26(54-15(3)47)21(58-31)11-38-42-35/h19-32H,10-12H2,1-9H3,(H,39,51)/t19-,20+,21-,22-,23-,24+,25-,26-,27-,28-,29-,30-,31-,32+/m1/s1. The Kier molecular flexibility index (Phi) is 18.3. The second-order valence-electron chi connectivity index (χ2n) is 14.8. The summed E-state index contributed by atoms with van der Waals surface area (Å²) in [5.74, 6) is -5.39. The van der Waals surface area contributed by atoms with Crippen LogP contribution in [0.5, 0.6) is 0 Å². The van der Waals surface area contributed by atoms with Crippen molar-refractivity contribution in [2.45, 2.75) is 160 Å². The Labute approximate surface area is 352 Å². The first-order valence-electron chi connectivity index (χ1n) is 18.8. The molecule has 2 heterocycles. The number of ether oxygens (including phenoxy) is 11. The zero-order valence-corrected chi connectivity index (χ0v) is 35.1. The minimum atomic E-state index is -1.90. The molecule has 28 nitrogen and oxygen atoms in total. The van der Waals surface area contributed by atoms with Gasteiger partial charge in [-0.15, -0.1) is 0 Å². The Morgan fingerprint density at radius 2 is 1.11 bits per heavy atom. The summed E-state index contributed by atoms with van der Waals surface area (Å²) in [5.41, 5.74) is 27.6. The van der Waals surface area contributed by atoms with Gasteiger partial charge >= 0.3 is 41.9 Å². The molecule has 2 aliphatic heterocycles. The topological polar surface area (TPSA) is 379 Å². The van der Waals surface area contributed by atoms with Gasteiger partial charge in [-0.05, 0) is 43.8 Å². The van der Waals surface area contributed by atoms with Gasteiger partial charge in [0.1, 0.15) is 36.6 Å². The van der Waals surface area contributed by atoms with Crippen molar-refractivity contribution in [1.82, 2.24) is 5.32 Å². The molecule has 62 heavy (non-hydrogen) atoms. The van der Waals surface area contributed by atoms with E-state index < -0.39 is 153 Å². The van der Waals surface area contributed by atoms with Crippen molar-refractivity contribution in [1.29, 1.82) is 0 Å². The van der Waals surface area contributed by atoms with E-state index in [1.165, 1.54) is 0 Å². The molecule has 342 valence electrons. The van der Waals surface area contributed by atoms with Crippen molar-refractivity contribution in [2.24, 2.45) is 15.3 Å². The van der Waals surface area contributed by atoms with Crippen LogP contribution in [-0.2, 0) is 80.9 Å². The smallest absolute Gasteiger partial charge is 0.408 e. The van der Waals surface area contributed by atoms with Crippen LogP contribution in [0.2, 0.25) is 0 Å². The van der Waals surface area contributed by atoms with Crippen LogP contribution in [-0.4, -0.2) is 146 Å². The van der Waals surface area contributed by atoms with E-state index in [9.17, 15) is 44.6 Å². The van der Waals surface area contributed by atoms with Crippen LogP contribution in [0.15, 0.2) is 15.3 Å². The lowest BCUT2D eigenvalue weighted by atomic mass is 9.83. The Balaban J connectivity index is 2.31. The number of azide groups is 3. The van der Waals surface area contributed by atoms with E-state index >= 15 is 0 Å². The highest BCUT2D eigenvalue weighted by Gasteiger charge is 2.58. The molecule has 28 heteroatoms. The molecule has 0 radical (unpaired) electrons. The minimum absolute atomic E-state index is 0.402. The molecule has 0 spiro atoms. The van der Waals surface area contributed by atoms with Gasteiger partial charge in [-0.25, -0.2) is 4.79 Å². The summed E-state index contributed by atoms with van der Waals surface area (Å²) in [6.07, 6.45) is -19.7. The van der Waals surface area contributed by atoms with Crippen molar-refractivity contribution in [3.63, 3.8) is 0 Å². The van der Waals surface area contributed by atoms with E-state index in [1.807, 2.05) is 0 Å². The highest BCUT2D eigenvalue weighted by Crippen LogP contribution is 2.39. The molecular weight excluding hydrogens is 836 g/mol. The number of esters is 6. The first kappa shape index (κ1) is 50.2. The van der Waals surface area contributed by atoms with Crippen LogP contribution in [0.4, 0.5) is 4.79 Å². The third kappa shape index (κ3) is 14.5. The van der Waals surface area contributed by atoms with Crippen LogP contribution in [0.1, 0.15) is 68.7 Å². The fourth-order valence-corrected chi connectivity index (χ4v) is 6.81. The maximum absolute atomic E-state index is 13.2. The highest BCUT2D eigenvalue weighted by molar-refractivity contribution is 5.70. The van der Waals surface area contributed by atoms with E-state index in [0.717, 1.165) is 41.5 Å². The van der Waals surface area contributed by atoms with Crippen molar-refractivity contribution < 1.29 is 85.7 Å². The van der Waals surface area contributed by atoms with Crippen LogP contribution < -0.4 is 5.32 Å². The molecule has 3 aliphatic rings. The fourth-order valence-electron chi connectivity index (χ4n) is 6.81. The van der Waals surface area contributed by atoms with E-state index in [-0.39, 0.29) is 0 Å². The van der Waals surface area contributed by atoms with Crippen LogP contribution in [0, 0.1) is 0 Å². The predicted octanol–water partition coefficient (Wildman–Crippen LogP) is 2.39. The van der Waals surface area contributed by atoms with E-state index in [1.54, 1.807) is 20.8 Å². The van der Waals surface area contributed by atoms with E-state index in [4.69, 9.17) is 57.6 Å². The van der Waals surface area contributed by atoms with Gasteiger partial charge in [0, 0.05) is 56.3 Å². The number of hydrogen-bond donors (Lipinski definition) is 1. The third-order valence-corrected chi connectivity index (χ3v) is 8.76. The molecule has 14 atom stereocenters. The Hall–Kier alpha value is -6.14. The number of hydrogen-bond acceptors (Lipinski definition) is 21. The van der Waals surface area contributed by atoms with Crippen LogP contribution in [0.3, 0.4) is 0 Å². The molecule has 1 saturated carbocycles. The Bertz CT molecular complexity index is 1830. The maximum atomic E-state index is 13.2. The maximum Gasteiger partial charge on any atom is 0.408 e. The van der Waals surface area contributed by atoms with Gasteiger partial charge in [-0.3, -0.25) is 28.8 Å². The van der Waals surface area contributed by atoms with Gasteiger partial charge in [0.25, 0.3) is 0 Å². The zero-order chi connectivity index (χ0) is 46.5. The summed E-state index contributed by atoms with van der Waals surface area (Å²) < 4.78 is 63.0. The summed E-state index contributed by atoms with van der Waals surface area (Å²) in [7, 11) is 0. The Morgan fingerprint density at radius 3 is 1.63 bits per heavy atom. The largest absolute Gasteiger partial charge is 0.463 e. The average Bonchev–Trinajstić information content (AvgIpc) is 3.43. The molecule has 0 aromatic rings. The van der Waals surface area contributed by atoms with Gasteiger partial charge in [0.05, 0.1) is 24.7 Å². The van der Waals surface area contributed by atoms with E-state index in [2.05, 4.69) is 35.4 Å². The molecule has 0 unspecified atom stereocenters. The molecule has 1 aliphatic carbocycles. The quantitative estimate of drug-likeness (QED) is 0.0764. The summed E-state index contributed by atoms with van der Waals surface area (Å²) in [5, 5.41) is 13.6. The van der Waals surface area contributed by atoms with Gasteiger partial charge in [-0.2, -0.15) is 0 Å². The molecular formula is C34H48N10O18. The molecule has 2 saturated heterocycles. The lowest BCUT2D eigenvalue weighted by molar-refractivity contribution is -0.309. The fraction of sp³-hybridized carbons (Fsp3) is 0.794. The monoisotopic (exact) mass is 884 g/mol. The van der Waals surface area contributed by atoms with Crippen molar-refractivity contribution in [3.05, 3.63) is 31.3 Å². The van der Waals surface area contributed by atoms with Gasteiger partial charge in [0.2, 0.25) is 0 Å². The van der Waals surface area contributed by atoms with Gasteiger partial charge < -0.3 is 57.4 Å². The number of carbonyl (C=O) groups excluding carboxylic acids is 7. The minimum Gasteiger partial charge on any atom is -0.463 e. The predicted molar refractivity (Wildman–Crippen MR) is 199 cm³/mol. The van der Waals surface area contributed by atoms with Crippen molar-refractivity contribution >= 4 is 41.9 Å². The molecule has 1 N–H and O–H groups in total. The summed E-state index contributed by atoms with van der Waals surface area (Å²) in [6, 6.07) is -4.56. The molecule has 0 bridgehead atoms. The second kappa shape index (κ2) is 22.6. The lowest BCUT2D eigenvalue weighted by Gasteiger charge is -2.49. The Morgan fingerprint density at radius 1 is 0.613 bits per heavy atom. The molecule has 0 aromatic carbocycles. The van der Waals surface area contributed by atoms with Gasteiger partial charge in [-0.1, -0.05) is 15.3 Å². The zero-order valence-electron chi connectivity index (χ0n) is 35.1. The summed E-state index contributed by atoms with van der Waals surface area (Å²) >= 11 is 0. The van der Waals surface area contributed by atoms with Gasteiger partial charge in [0.15, 0.2) is 43.1 Å². The number of nitrogens with zero attached hydrogens (tertiary/aromatic N) is 9. The SMILES string of the molecule is CC(=O)OC[C@H]1O[C@@H](O[C@@H]2[C@@H](OC(C)=O)[C@H](NC(=O)OC(C)(C)C)C[C@H](N=[N+]=[N-])[C@H]2O[C@H]2O[C@H](CN=[N+]=[N-])[C@@H](OC(C)=O)[C@H](OC(C)=O)[C@H]2N=[N+]=[N-])[C@H](OC(C)=O)[C@@H]1OC(C)=O. The normalized spacial score (nSPS) is 31.5. The van der Waals surface area contributed by atoms with E-state index in [0.29, 0.717) is 0 Å². The molecule has 1 amide bonds. The first-order valence-corrected chi connectivity index (χ1v) is 18.8. The number of carbonyl (C=O) groups is 7. The van der Waals surface area contributed by atoms with Crippen LogP contribution >= 0.6 is 0 Å². The lowest BCUT2D eigenvalue weighted by Crippen LogP contribution is -2.67. The highest BCUT2D eigenvalue weighted by atomic mass is 16.8. The number of alkyl carbamates (subject to hydrolysis) is 1. The average molecular weight is 885 g/mol. The molecule has 3 fully saturated rings.